The van der Waals surface area contributed by atoms with Crippen LogP contribution in [0.1, 0.15) is 25.0 Å². The van der Waals surface area contributed by atoms with E-state index < -0.39 is 0 Å². The number of hydrogen-bond donors (Lipinski definition) is 1. The molecule has 0 unspecified atom stereocenters. The van der Waals surface area contributed by atoms with Crippen LogP contribution in [0.25, 0.3) is 0 Å². The molecule has 17 heavy (non-hydrogen) atoms. The van der Waals surface area contributed by atoms with Gasteiger partial charge in [0.05, 0.1) is 5.69 Å². The topological polar surface area (TPSA) is 24.9 Å². The maximum Gasteiger partial charge on any atom is 0.134 e. The van der Waals surface area contributed by atoms with Gasteiger partial charge in [-0.3, -0.25) is 0 Å². The van der Waals surface area contributed by atoms with Crippen LogP contribution >= 0.6 is 15.9 Å². The molecule has 0 atom stereocenters. The lowest BCUT2D eigenvalue weighted by Gasteiger charge is -2.35. The molecule has 2 nitrogen and oxygen atoms in total. The fraction of sp³-hybridized carbons (Fsp3) is 0.214. The summed E-state index contributed by atoms with van der Waals surface area (Å²) in [6.45, 7) is 4.47. The molecule has 86 valence electrons. The highest BCUT2D eigenvalue weighted by Crippen LogP contribution is 2.46. The minimum Gasteiger partial charge on any atom is -0.339 e. The normalized spacial score (nSPS) is 15.7. The minimum absolute atomic E-state index is 0.0199. The molecule has 1 aromatic heterocycles. The highest BCUT2D eigenvalue weighted by Gasteiger charge is 2.33. The predicted octanol–water partition coefficient (Wildman–Crippen LogP) is 4.23. The number of nitrogens with one attached hydrogen (secondary N) is 1. The third-order valence-corrected chi connectivity index (χ3v) is 4.07. The van der Waals surface area contributed by atoms with E-state index >= 15 is 0 Å². The second kappa shape index (κ2) is 3.57. The van der Waals surface area contributed by atoms with Crippen LogP contribution in [-0.4, -0.2) is 4.98 Å². The quantitative estimate of drug-likeness (QED) is 0.785. The number of anilines is 2. The number of aromatic nitrogens is 1. The van der Waals surface area contributed by atoms with Gasteiger partial charge in [-0.05, 0) is 33.6 Å². The van der Waals surface area contributed by atoms with Crippen molar-refractivity contribution in [3.05, 3.63) is 52.1 Å². The zero-order chi connectivity index (χ0) is 12.0. The van der Waals surface area contributed by atoms with E-state index in [2.05, 4.69) is 64.3 Å². The molecule has 0 spiro atoms. The van der Waals surface area contributed by atoms with Gasteiger partial charge in [-0.1, -0.05) is 32.0 Å². The van der Waals surface area contributed by atoms with Gasteiger partial charge in [-0.2, -0.15) is 0 Å². The van der Waals surface area contributed by atoms with E-state index in [-0.39, 0.29) is 5.41 Å². The van der Waals surface area contributed by atoms with Crippen LogP contribution in [0.15, 0.2) is 41.0 Å². The summed E-state index contributed by atoms with van der Waals surface area (Å²) in [6.07, 6.45) is 1.82. The Kier molecular flexibility index (Phi) is 2.26. The van der Waals surface area contributed by atoms with Gasteiger partial charge in [0.25, 0.3) is 0 Å². The molecule has 0 bridgehead atoms. The number of benzene rings is 1. The summed E-state index contributed by atoms with van der Waals surface area (Å²) in [5, 5.41) is 3.41. The van der Waals surface area contributed by atoms with Crippen molar-refractivity contribution in [2.75, 3.05) is 5.32 Å². The first kappa shape index (κ1) is 10.8. The van der Waals surface area contributed by atoms with Crippen LogP contribution in [0, 0.1) is 0 Å². The van der Waals surface area contributed by atoms with Gasteiger partial charge >= 0.3 is 0 Å². The second-order valence-corrected chi connectivity index (χ2v) is 5.67. The average Bonchev–Trinajstić information content (AvgIpc) is 2.31. The lowest BCUT2D eigenvalue weighted by Crippen LogP contribution is -2.26. The molecule has 0 radical (unpaired) electrons. The third-order valence-electron chi connectivity index (χ3n) is 3.41. The van der Waals surface area contributed by atoms with Gasteiger partial charge in [-0.25, -0.2) is 4.98 Å². The zero-order valence-corrected chi connectivity index (χ0v) is 11.4. The van der Waals surface area contributed by atoms with E-state index in [1.54, 1.807) is 0 Å². The van der Waals surface area contributed by atoms with E-state index in [0.717, 1.165) is 16.0 Å². The van der Waals surface area contributed by atoms with Crippen LogP contribution in [0.5, 0.6) is 0 Å². The lowest BCUT2D eigenvalue weighted by molar-refractivity contribution is 0.634. The van der Waals surface area contributed by atoms with E-state index in [1.165, 1.54) is 11.1 Å². The summed E-state index contributed by atoms with van der Waals surface area (Å²) in [6, 6.07) is 10.4. The first-order chi connectivity index (χ1) is 8.10. The fourth-order valence-corrected chi connectivity index (χ4v) is 2.91. The minimum atomic E-state index is -0.0199. The second-order valence-electron chi connectivity index (χ2n) is 4.81. The number of pyridine rings is 1. The Morgan fingerprint density at radius 1 is 1.12 bits per heavy atom. The monoisotopic (exact) mass is 288 g/mol. The number of fused-ring (bicyclic) bond motifs is 2. The van der Waals surface area contributed by atoms with E-state index in [0.29, 0.717) is 0 Å². The molecule has 3 heteroatoms. The van der Waals surface area contributed by atoms with Crippen molar-refractivity contribution in [1.82, 2.24) is 4.98 Å². The maximum atomic E-state index is 4.42. The van der Waals surface area contributed by atoms with Crippen molar-refractivity contribution in [1.29, 1.82) is 0 Å². The summed E-state index contributed by atoms with van der Waals surface area (Å²) in [5.74, 6) is 0.955. The van der Waals surface area contributed by atoms with E-state index in [1.807, 2.05) is 12.3 Å². The van der Waals surface area contributed by atoms with Crippen molar-refractivity contribution >= 4 is 27.4 Å². The Balaban J connectivity index is 2.31. The molecule has 0 saturated heterocycles. The number of rotatable bonds is 0. The Hall–Kier alpha value is -1.35. The molecule has 3 rings (SSSR count). The average molecular weight is 289 g/mol. The van der Waals surface area contributed by atoms with E-state index in [9.17, 15) is 0 Å². The Morgan fingerprint density at radius 3 is 2.71 bits per heavy atom. The molecule has 0 saturated carbocycles. The largest absolute Gasteiger partial charge is 0.339 e. The number of nitrogens with zero attached hydrogens (tertiary/aromatic N) is 1. The molecule has 2 heterocycles. The van der Waals surface area contributed by atoms with Gasteiger partial charge in [0.1, 0.15) is 5.82 Å². The summed E-state index contributed by atoms with van der Waals surface area (Å²) < 4.78 is 1.08. The summed E-state index contributed by atoms with van der Waals surface area (Å²) in [7, 11) is 0. The summed E-state index contributed by atoms with van der Waals surface area (Å²) in [4.78, 5) is 4.42. The van der Waals surface area contributed by atoms with Gasteiger partial charge in [0.2, 0.25) is 0 Å². The van der Waals surface area contributed by atoms with Crippen LogP contribution in [0.2, 0.25) is 0 Å². The molecular formula is C14H13BrN2. The van der Waals surface area contributed by atoms with Crippen molar-refractivity contribution in [3.8, 4) is 0 Å². The maximum absolute atomic E-state index is 4.42. The number of halogens is 1. The van der Waals surface area contributed by atoms with Crippen molar-refractivity contribution in [3.63, 3.8) is 0 Å². The summed E-state index contributed by atoms with van der Waals surface area (Å²) >= 11 is 3.60. The van der Waals surface area contributed by atoms with Crippen LogP contribution in [0.4, 0.5) is 11.5 Å². The summed E-state index contributed by atoms with van der Waals surface area (Å²) in [5.41, 5.74) is 3.65. The van der Waals surface area contributed by atoms with Gasteiger partial charge in [0.15, 0.2) is 0 Å². The number of hydrogen-bond acceptors (Lipinski definition) is 2. The lowest BCUT2D eigenvalue weighted by atomic mass is 9.75. The van der Waals surface area contributed by atoms with Gasteiger partial charge in [0, 0.05) is 21.6 Å². The van der Waals surface area contributed by atoms with Crippen molar-refractivity contribution in [2.45, 2.75) is 19.3 Å². The SMILES string of the molecule is CC1(C)c2cccnc2Nc2c(Br)cccc21. The molecule has 1 aromatic carbocycles. The smallest absolute Gasteiger partial charge is 0.134 e. The molecular weight excluding hydrogens is 276 g/mol. The van der Waals surface area contributed by atoms with Crippen LogP contribution in [0.3, 0.4) is 0 Å². The van der Waals surface area contributed by atoms with Gasteiger partial charge < -0.3 is 5.32 Å². The molecule has 1 N–H and O–H groups in total. The predicted molar refractivity (Wildman–Crippen MR) is 73.8 cm³/mol. The fourth-order valence-electron chi connectivity index (χ4n) is 2.44. The number of para-hydroxylation sites is 1. The molecule has 0 amide bonds. The van der Waals surface area contributed by atoms with E-state index in [4.69, 9.17) is 0 Å². The van der Waals surface area contributed by atoms with Crippen LogP contribution in [-0.2, 0) is 5.41 Å². The molecule has 1 aliphatic heterocycles. The van der Waals surface area contributed by atoms with Crippen molar-refractivity contribution < 1.29 is 0 Å². The Bertz CT molecular complexity index is 591. The zero-order valence-electron chi connectivity index (χ0n) is 9.79. The first-order valence-electron chi connectivity index (χ1n) is 5.62. The Labute approximate surface area is 109 Å². The highest BCUT2D eigenvalue weighted by atomic mass is 79.9. The first-order valence-corrected chi connectivity index (χ1v) is 6.41. The molecule has 0 aliphatic carbocycles. The standard InChI is InChI=1S/C14H13BrN2/c1-14(2)9-5-3-7-11(15)12(9)17-13-10(14)6-4-8-16-13/h3-8H,1-2H3,(H,16,17). The molecule has 1 aliphatic rings. The highest BCUT2D eigenvalue weighted by molar-refractivity contribution is 9.10. The van der Waals surface area contributed by atoms with Crippen molar-refractivity contribution in [2.24, 2.45) is 0 Å². The Morgan fingerprint density at radius 2 is 1.88 bits per heavy atom. The van der Waals surface area contributed by atoms with Crippen LogP contribution < -0.4 is 5.32 Å². The molecule has 0 fully saturated rings. The molecule has 2 aromatic rings. The van der Waals surface area contributed by atoms with Gasteiger partial charge in [-0.15, -0.1) is 0 Å². The third kappa shape index (κ3) is 1.49.